The highest BCUT2D eigenvalue weighted by Crippen LogP contribution is 2.48. The maximum atomic E-state index is 12.3. The number of hydrogen-bond acceptors (Lipinski definition) is 4. The number of aliphatic hydroxyl groups excluding tert-OH is 1. The van der Waals surface area contributed by atoms with E-state index >= 15 is 0 Å². The lowest BCUT2D eigenvalue weighted by Gasteiger charge is -2.31. The van der Waals surface area contributed by atoms with Crippen LogP contribution in [-0.2, 0) is 0 Å². The Kier molecular flexibility index (Phi) is 4.92. The van der Waals surface area contributed by atoms with E-state index in [9.17, 15) is 9.90 Å². The van der Waals surface area contributed by atoms with Gasteiger partial charge in [-0.15, -0.1) is 0 Å². The topological polar surface area (TPSA) is 77.7 Å². The monoisotopic (exact) mass is 321 g/mol. The molecule has 1 aromatic rings. The van der Waals surface area contributed by atoms with E-state index in [1.54, 1.807) is 6.26 Å². The van der Waals surface area contributed by atoms with E-state index in [0.717, 1.165) is 12.2 Å². The maximum absolute atomic E-state index is 12.3. The van der Waals surface area contributed by atoms with Gasteiger partial charge < -0.3 is 20.2 Å². The summed E-state index contributed by atoms with van der Waals surface area (Å²) in [6, 6.07) is 3.73. The lowest BCUT2D eigenvalue weighted by atomic mass is 9.85. The Bertz CT molecular complexity index is 517. The van der Waals surface area contributed by atoms with Gasteiger partial charge in [-0.25, -0.2) is 4.79 Å². The van der Waals surface area contributed by atoms with Crippen LogP contribution in [0.1, 0.15) is 31.1 Å². The van der Waals surface area contributed by atoms with Crippen molar-refractivity contribution in [2.24, 2.45) is 17.8 Å². The zero-order valence-electron chi connectivity index (χ0n) is 13.9. The van der Waals surface area contributed by atoms with Crippen LogP contribution in [-0.4, -0.2) is 49.3 Å². The standard InChI is InChI=1S/C17H27N3O3/c1-20(2)14(15-4-3-7-23-15)9-18-17(22)19-16-12-6-5-11(8-12)13(16)10-21/h3-4,7,11-14,16,21H,5-6,8-10H2,1-2H3,(H2,18,19,22). The average molecular weight is 321 g/mol. The molecule has 6 nitrogen and oxygen atoms in total. The molecule has 2 bridgehead atoms. The number of nitrogens with zero attached hydrogens (tertiary/aromatic N) is 1. The number of amides is 2. The number of urea groups is 1. The molecule has 0 aliphatic heterocycles. The average Bonchev–Trinajstić information content (AvgIpc) is 3.24. The van der Waals surface area contributed by atoms with E-state index in [4.69, 9.17) is 4.42 Å². The van der Waals surface area contributed by atoms with Crippen LogP contribution in [0.3, 0.4) is 0 Å². The third kappa shape index (κ3) is 3.38. The van der Waals surface area contributed by atoms with E-state index in [-0.39, 0.29) is 30.6 Å². The zero-order chi connectivity index (χ0) is 16.4. The zero-order valence-corrected chi connectivity index (χ0v) is 13.9. The normalized spacial score (nSPS) is 30.6. The quantitative estimate of drug-likeness (QED) is 0.743. The van der Waals surface area contributed by atoms with Gasteiger partial charge in [0.25, 0.3) is 0 Å². The van der Waals surface area contributed by atoms with Gasteiger partial charge in [-0.3, -0.25) is 4.90 Å². The van der Waals surface area contributed by atoms with Crippen LogP contribution in [0, 0.1) is 17.8 Å². The number of carbonyl (C=O) groups is 1. The fourth-order valence-corrected chi connectivity index (χ4v) is 4.31. The molecule has 0 saturated heterocycles. The lowest BCUT2D eigenvalue weighted by molar-refractivity contribution is 0.143. The van der Waals surface area contributed by atoms with E-state index in [0.29, 0.717) is 18.4 Å². The maximum Gasteiger partial charge on any atom is 0.315 e. The molecule has 2 aliphatic rings. The summed E-state index contributed by atoms with van der Waals surface area (Å²) in [5, 5.41) is 15.6. The number of aliphatic hydroxyl groups is 1. The first-order valence-electron chi connectivity index (χ1n) is 8.45. The molecule has 1 heterocycles. The summed E-state index contributed by atoms with van der Waals surface area (Å²) in [5.74, 6) is 2.16. The molecule has 0 spiro atoms. The summed E-state index contributed by atoms with van der Waals surface area (Å²) in [5.41, 5.74) is 0. The van der Waals surface area contributed by atoms with Gasteiger partial charge in [0.05, 0.1) is 12.3 Å². The molecule has 128 valence electrons. The number of carbonyl (C=O) groups excluding carboxylic acids is 1. The Labute approximate surface area is 137 Å². The predicted octanol–water partition coefficient (Wildman–Crippen LogP) is 1.59. The number of rotatable bonds is 6. The van der Waals surface area contributed by atoms with Crippen molar-refractivity contribution in [1.82, 2.24) is 15.5 Å². The number of likely N-dealkylation sites (N-methyl/N-ethyl adjacent to an activating group) is 1. The SMILES string of the molecule is CN(C)C(CNC(=O)NC1C2CCC(C2)C1CO)c1ccco1. The van der Waals surface area contributed by atoms with Gasteiger partial charge in [0.15, 0.2) is 0 Å². The highest BCUT2D eigenvalue weighted by molar-refractivity contribution is 5.74. The molecule has 2 amide bonds. The van der Waals surface area contributed by atoms with Crippen LogP contribution in [0.2, 0.25) is 0 Å². The van der Waals surface area contributed by atoms with E-state index in [1.807, 2.05) is 31.1 Å². The highest BCUT2D eigenvalue weighted by atomic mass is 16.3. The molecule has 23 heavy (non-hydrogen) atoms. The first kappa shape index (κ1) is 16.3. The summed E-state index contributed by atoms with van der Waals surface area (Å²) >= 11 is 0. The van der Waals surface area contributed by atoms with Gasteiger partial charge in [-0.2, -0.15) is 0 Å². The van der Waals surface area contributed by atoms with Crippen LogP contribution in [0.4, 0.5) is 4.79 Å². The second kappa shape index (κ2) is 6.93. The molecule has 2 aliphatic carbocycles. The lowest BCUT2D eigenvalue weighted by Crippen LogP contribution is -2.50. The van der Waals surface area contributed by atoms with Crippen molar-refractivity contribution in [3.63, 3.8) is 0 Å². The van der Waals surface area contributed by atoms with Gasteiger partial charge in [0.1, 0.15) is 5.76 Å². The highest BCUT2D eigenvalue weighted by Gasteiger charge is 2.47. The Morgan fingerprint density at radius 1 is 1.43 bits per heavy atom. The first-order chi connectivity index (χ1) is 11.1. The van der Waals surface area contributed by atoms with Crippen molar-refractivity contribution in [3.05, 3.63) is 24.2 Å². The second-order valence-corrected chi connectivity index (χ2v) is 7.05. The molecule has 3 N–H and O–H groups in total. The second-order valence-electron chi connectivity index (χ2n) is 7.05. The van der Waals surface area contributed by atoms with Crippen LogP contribution in [0.5, 0.6) is 0 Å². The van der Waals surface area contributed by atoms with Gasteiger partial charge in [0, 0.05) is 25.1 Å². The third-order valence-corrected chi connectivity index (χ3v) is 5.55. The summed E-state index contributed by atoms with van der Waals surface area (Å²) in [4.78, 5) is 14.3. The van der Waals surface area contributed by atoms with Gasteiger partial charge in [-0.1, -0.05) is 0 Å². The number of hydrogen-bond donors (Lipinski definition) is 3. The van der Waals surface area contributed by atoms with Crippen LogP contribution in [0.25, 0.3) is 0 Å². The molecule has 0 radical (unpaired) electrons. The molecule has 5 unspecified atom stereocenters. The van der Waals surface area contributed by atoms with Crippen molar-refractivity contribution < 1.29 is 14.3 Å². The number of fused-ring (bicyclic) bond motifs is 2. The Morgan fingerprint density at radius 2 is 2.22 bits per heavy atom. The molecule has 3 rings (SSSR count). The fraction of sp³-hybridized carbons (Fsp3) is 0.706. The van der Waals surface area contributed by atoms with Crippen molar-refractivity contribution >= 4 is 6.03 Å². The minimum Gasteiger partial charge on any atom is -0.468 e. The molecular weight excluding hydrogens is 294 g/mol. The third-order valence-electron chi connectivity index (χ3n) is 5.55. The van der Waals surface area contributed by atoms with Gasteiger partial charge >= 0.3 is 6.03 Å². The first-order valence-corrected chi connectivity index (χ1v) is 8.45. The predicted molar refractivity (Wildman–Crippen MR) is 86.9 cm³/mol. The van der Waals surface area contributed by atoms with Crippen LogP contribution >= 0.6 is 0 Å². The van der Waals surface area contributed by atoms with Gasteiger partial charge in [0.2, 0.25) is 0 Å². The van der Waals surface area contributed by atoms with E-state index < -0.39 is 0 Å². The molecule has 2 fully saturated rings. The summed E-state index contributed by atoms with van der Waals surface area (Å²) in [7, 11) is 3.93. The summed E-state index contributed by atoms with van der Waals surface area (Å²) in [6.07, 6.45) is 5.14. The molecule has 2 saturated carbocycles. The van der Waals surface area contributed by atoms with Crippen molar-refractivity contribution in [2.45, 2.75) is 31.3 Å². The van der Waals surface area contributed by atoms with Crippen molar-refractivity contribution in [1.29, 1.82) is 0 Å². The van der Waals surface area contributed by atoms with Gasteiger partial charge in [-0.05, 0) is 57.3 Å². The number of furan rings is 1. The molecule has 6 heteroatoms. The van der Waals surface area contributed by atoms with Crippen molar-refractivity contribution in [2.75, 3.05) is 27.2 Å². The molecule has 5 atom stereocenters. The number of nitrogens with one attached hydrogen (secondary N) is 2. The molecular formula is C17H27N3O3. The molecule has 0 aromatic carbocycles. The Morgan fingerprint density at radius 3 is 2.87 bits per heavy atom. The van der Waals surface area contributed by atoms with Crippen LogP contribution in [0.15, 0.2) is 22.8 Å². The minimum absolute atomic E-state index is 0.00409. The fourth-order valence-electron chi connectivity index (χ4n) is 4.31. The van der Waals surface area contributed by atoms with Crippen LogP contribution < -0.4 is 10.6 Å². The van der Waals surface area contributed by atoms with E-state index in [2.05, 4.69) is 10.6 Å². The van der Waals surface area contributed by atoms with E-state index in [1.165, 1.54) is 12.8 Å². The summed E-state index contributed by atoms with van der Waals surface area (Å²) < 4.78 is 5.45. The minimum atomic E-state index is -0.153. The van der Waals surface area contributed by atoms with Crippen molar-refractivity contribution in [3.8, 4) is 0 Å². The Balaban J connectivity index is 1.53. The molecule has 1 aromatic heterocycles. The summed E-state index contributed by atoms with van der Waals surface area (Å²) in [6.45, 7) is 0.649. The smallest absolute Gasteiger partial charge is 0.315 e. The Hall–Kier alpha value is -1.53. The largest absolute Gasteiger partial charge is 0.468 e.